The minimum absolute atomic E-state index is 0.0711. The first-order valence-electron chi connectivity index (χ1n) is 6.39. The largest absolute Gasteiger partial charge is 0.396 e. The number of anilines is 1. The maximum absolute atomic E-state index is 11.8. The highest BCUT2D eigenvalue weighted by Crippen LogP contribution is 2.10. The lowest BCUT2D eigenvalue weighted by Gasteiger charge is -2.06. The standard InChI is InChI=1S/C14H15N3O4/c18-6-5-9-1-3-10(4-2-9)15-12(19)7-11-8-13(20)17-14(21)16-11/h1-4,8,18H,5-7H2,(H,15,19)(H2,16,17,20,21). The average Bonchev–Trinajstić information content (AvgIpc) is 2.40. The molecule has 0 radical (unpaired) electrons. The van der Waals surface area contributed by atoms with E-state index in [0.29, 0.717) is 12.1 Å². The Hall–Kier alpha value is -2.67. The van der Waals surface area contributed by atoms with Gasteiger partial charge in [-0.2, -0.15) is 0 Å². The second-order valence-electron chi connectivity index (χ2n) is 4.51. The van der Waals surface area contributed by atoms with E-state index in [0.717, 1.165) is 5.56 Å². The van der Waals surface area contributed by atoms with Gasteiger partial charge in [-0.05, 0) is 24.1 Å². The van der Waals surface area contributed by atoms with Crippen LogP contribution < -0.4 is 16.6 Å². The Kier molecular flexibility index (Phi) is 4.68. The molecule has 110 valence electrons. The molecule has 7 heteroatoms. The van der Waals surface area contributed by atoms with Crippen LogP contribution in [0.5, 0.6) is 0 Å². The lowest BCUT2D eigenvalue weighted by Crippen LogP contribution is -2.25. The van der Waals surface area contributed by atoms with Crippen LogP contribution in [0, 0.1) is 0 Å². The normalized spacial score (nSPS) is 10.3. The van der Waals surface area contributed by atoms with Crippen molar-refractivity contribution in [3.05, 3.63) is 62.4 Å². The van der Waals surface area contributed by atoms with Gasteiger partial charge in [0, 0.05) is 24.1 Å². The van der Waals surface area contributed by atoms with Gasteiger partial charge in [-0.1, -0.05) is 12.1 Å². The lowest BCUT2D eigenvalue weighted by molar-refractivity contribution is -0.115. The second kappa shape index (κ2) is 6.67. The molecule has 0 bridgehead atoms. The van der Waals surface area contributed by atoms with E-state index in [1.54, 1.807) is 24.3 Å². The monoisotopic (exact) mass is 289 g/mol. The van der Waals surface area contributed by atoms with E-state index < -0.39 is 11.2 Å². The summed E-state index contributed by atoms with van der Waals surface area (Å²) in [6, 6.07) is 8.24. The van der Waals surface area contributed by atoms with Crippen molar-refractivity contribution in [1.82, 2.24) is 9.97 Å². The van der Waals surface area contributed by atoms with Gasteiger partial charge in [-0.15, -0.1) is 0 Å². The predicted molar refractivity (Wildman–Crippen MR) is 77.2 cm³/mol. The van der Waals surface area contributed by atoms with Crippen molar-refractivity contribution in [3.63, 3.8) is 0 Å². The summed E-state index contributed by atoms with van der Waals surface area (Å²) in [6.45, 7) is 0.0711. The summed E-state index contributed by atoms with van der Waals surface area (Å²) < 4.78 is 0. The number of aliphatic hydroxyl groups is 1. The first-order chi connectivity index (χ1) is 10.1. The Morgan fingerprint density at radius 3 is 2.48 bits per heavy atom. The molecule has 0 saturated heterocycles. The summed E-state index contributed by atoms with van der Waals surface area (Å²) in [4.78, 5) is 38.5. The molecule has 0 spiro atoms. The number of hydrogen-bond acceptors (Lipinski definition) is 4. The van der Waals surface area contributed by atoms with Crippen molar-refractivity contribution in [2.24, 2.45) is 0 Å². The Morgan fingerprint density at radius 2 is 1.86 bits per heavy atom. The van der Waals surface area contributed by atoms with E-state index in [2.05, 4.69) is 10.3 Å². The molecule has 0 fully saturated rings. The molecule has 0 aliphatic rings. The zero-order valence-electron chi connectivity index (χ0n) is 11.2. The zero-order valence-corrected chi connectivity index (χ0v) is 11.2. The van der Waals surface area contributed by atoms with Crippen molar-refractivity contribution in [1.29, 1.82) is 0 Å². The summed E-state index contributed by atoms with van der Waals surface area (Å²) >= 11 is 0. The van der Waals surface area contributed by atoms with Crippen molar-refractivity contribution in [2.45, 2.75) is 12.8 Å². The third-order valence-corrected chi connectivity index (χ3v) is 2.81. The fourth-order valence-electron chi connectivity index (χ4n) is 1.88. The topological polar surface area (TPSA) is 115 Å². The van der Waals surface area contributed by atoms with Crippen LogP contribution in [-0.4, -0.2) is 27.6 Å². The molecule has 1 amide bonds. The highest BCUT2D eigenvalue weighted by molar-refractivity contribution is 5.91. The highest BCUT2D eigenvalue weighted by Gasteiger charge is 2.06. The second-order valence-corrected chi connectivity index (χ2v) is 4.51. The van der Waals surface area contributed by atoms with Gasteiger partial charge < -0.3 is 15.4 Å². The maximum atomic E-state index is 11.8. The predicted octanol–water partition coefficient (Wildman–Crippen LogP) is -0.221. The quantitative estimate of drug-likeness (QED) is 0.609. The van der Waals surface area contributed by atoms with E-state index in [-0.39, 0.29) is 24.6 Å². The molecule has 0 unspecified atom stereocenters. The molecule has 21 heavy (non-hydrogen) atoms. The summed E-state index contributed by atoms with van der Waals surface area (Å²) in [6.07, 6.45) is 0.458. The highest BCUT2D eigenvalue weighted by atomic mass is 16.3. The van der Waals surface area contributed by atoms with E-state index in [1.807, 2.05) is 4.98 Å². The molecule has 1 aromatic heterocycles. The number of hydrogen-bond donors (Lipinski definition) is 4. The number of amides is 1. The minimum Gasteiger partial charge on any atom is -0.396 e. The summed E-state index contributed by atoms with van der Waals surface area (Å²) in [5, 5.41) is 11.5. The number of H-pyrrole nitrogens is 2. The first kappa shape index (κ1) is 14.7. The van der Waals surface area contributed by atoms with Gasteiger partial charge in [0.2, 0.25) is 5.91 Å². The Balaban J connectivity index is 2.01. The van der Waals surface area contributed by atoms with Crippen molar-refractivity contribution in [3.8, 4) is 0 Å². The molecular formula is C14H15N3O4. The van der Waals surface area contributed by atoms with Crippen LogP contribution in [0.2, 0.25) is 0 Å². The molecule has 7 nitrogen and oxygen atoms in total. The van der Waals surface area contributed by atoms with Gasteiger partial charge >= 0.3 is 5.69 Å². The van der Waals surface area contributed by atoms with Gasteiger partial charge in [0.25, 0.3) is 5.56 Å². The fraction of sp³-hybridized carbons (Fsp3) is 0.214. The van der Waals surface area contributed by atoms with Crippen LogP contribution >= 0.6 is 0 Å². The first-order valence-corrected chi connectivity index (χ1v) is 6.39. The third-order valence-electron chi connectivity index (χ3n) is 2.81. The number of benzene rings is 1. The van der Waals surface area contributed by atoms with Gasteiger partial charge in [0.05, 0.1) is 6.42 Å². The summed E-state index contributed by atoms with van der Waals surface area (Å²) in [7, 11) is 0. The SMILES string of the molecule is O=C(Cc1cc(=O)[nH]c(=O)[nH]1)Nc1ccc(CCO)cc1. The van der Waals surface area contributed by atoms with Crippen molar-refractivity contribution >= 4 is 11.6 Å². The van der Waals surface area contributed by atoms with Crippen LogP contribution in [0.1, 0.15) is 11.3 Å². The number of carbonyl (C=O) groups is 1. The maximum Gasteiger partial charge on any atom is 0.325 e. The molecule has 0 saturated carbocycles. The van der Waals surface area contributed by atoms with Gasteiger partial charge in [0.1, 0.15) is 0 Å². The van der Waals surface area contributed by atoms with Gasteiger partial charge in [0.15, 0.2) is 0 Å². The lowest BCUT2D eigenvalue weighted by atomic mass is 10.1. The molecular weight excluding hydrogens is 274 g/mol. The zero-order chi connectivity index (χ0) is 15.2. The molecule has 2 aromatic rings. The van der Waals surface area contributed by atoms with Crippen LogP contribution in [0.4, 0.5) is 5.69 Å². The number of aliphatic hydroxyl groups excluding tert-OH is 1. The van der Waals surface area contributed by atoms with Crippen LogP contribution in [0.3, 0.4) is 0 Å². The number of carbonyl (C=O) groups excluding carboxylic acids is 1. The summed E-state index contributed by atoms with van der Waals surface area (Å²) in [5.41, 5.74) is 0.634. The van der Waals surface area contributed by atoms with Crippen LogP contribution in [0.15, 0.2) is 39.9 Å². The van der Waals surface area contributed by atoms with Gasteiger partial charge in [-0.3, -0.25) is 14.6 Å². The Morgan fingerprint density at radius 1 is 1.14 bits per heavy atom. The van der Waals surface area contributed by atoms with E-state index in [9.17, 15) is 14.4 Å². The van der Waals surface area contributed by atoms with Crippen LogP contribution in [-0.2, 0) is 17.6 Å². The Bertz CT molecular complexity index is 703. The molecule has 1 heterocycles. The van der Waals surface area contributed by atoms with Crippen molar-refractivity contribution < 1.29 is 9.90 Å². The number of rotatable bonds is 5. The fourth-order valence-corrected chi connectivity index (χ4v) is 1.88. The van der Waals surface area contributed by atoms with E-state index >= 15 is 0 Å². The Labute approximate surface area is 119 Å². The minimum atomic E-state index is -0.640. The van der Waals surface area contributed by atoms with Gasteiger partial charge in [-0.25, -0.2) is 4.79 Å². The summed E-state index contributed by atoms with van der Waals surface area (Å²) in [5.74, 6) is -0.342. The average molecular weight is 289 g/mol. The number of aromatic nitrogens is 2. The molecule has 0 aliphatic heterocycles. The molecule has 4 N–H and O–H groups in total. The van der Waals surface area contributed by atoms with E-state index in [4.69, 9.17) is 5.11 Å². The van der Waals surface area contributed by atoms with Crippen LogP contribution in [0.25, 0.3) is 0 Å². The number of nitrogens with one attached hydrogen (secondary N) is 3. The molecule has 0 atom stereocenters. The smallest absolute Gasteiger partial charge is 0.325 e. The molecule has 2 rings (SSSR count). The van der Waals surface area contributed by atoms with Crippen molar-refractivity contribution in [2.75, 3.05) is 11.9 Å². The number of aromatic amines is 2. The third kappa shape index (κ3) is 4.43. The molecule has 0 aliphatic carbocycles. The van der Waals surface area contributed by atoms with E-state index in [1.165, 1.54) is 6.07 Å². The molecule has 1 aromatic carbocycles.